The highest BCUT2D eigenvalue weighted by molar-refractivity contribution is 5.76. The Kier molecular flexibility index (Phi) is 5.63. The Morgan fingerprint density at radius 2 is 2.17 bits per heavy atom. The van der Waals surface area contributed by atoms with Crippen molar-refractivity contribution in [1.29, 1.82) is 0 Å². The Balaban J connectivity index is 1.44. The third-order valence-corrected chi connectivity index (χ3v) is 5.85. The molecule has 1 amide bonds. The smallest absolute Gasteiger partial charge is 0.277 e. The largest absolute Gasteiger partial charge is 0.381 e. The van der Waals surface area contributed by atoms with Gasteiger partial charge in [-0.15, -0.1) is 0 Å². The van der Waals surface area contributed by atoms with Gasteiger partial charge in [-0.25, -0.2) is 14.4 Å². The fourth-order valence-electron chi connectivity index (χ4n) is 4.03. The van der Waals surface area contributed by atoms with E-state index in [2.05, 4.69) is 20.4 Å². The van der Waals surface area contributed by atoms with E-state index in [1.165, 1.54) is 23.0 Å². The van der Waals surface area contributed by atoms with Crippen molar-refractivity contribution in [2.24, 2.45) is 0 Å². The van der Waals surface area contributed by atoms with Crippen molar-refractivity contribution in [3.8, 4) is 0 Å². The molecule has 0 atom stereocenters. The molecule has 2 N–H and O–H groups in total. The number of ether oxygens (including phenoxy) is 1. The lowest BCUT2D eigenvalue weighted by atomic mass is 9.74. The zero-order valence-corrected chi connectivity index (χ0v) is 16.8. The van der Waals surface area contributed by atoms with Gasteiger partial charge in [-0.05, 0) is 43.9 Å². The van der Waals surface area contributed by atoms with Crippen LogP contribution in [0.3, 0.4) is 0 Å². The lowest BCUT2D eigenvalue weighted by Crippen LogP contribution is -2.44. The number of hydrogen-bond acceptors (Lipinski definition) is 5. The highest BCUT2D eigenvalue weighted by atomic mass is 19.1. The molecule has 1 aliphatic heterocycles. The molecule has 1 fully saturated rings. The fourth-order valence-corrected chi connectivity index (χ4v) is 4.03. The van der Waals surface area contributed by atoms with Crippen LogP contribution in [0, 0.1) is 12.7 Å². The van der Waals surface area contributed by atoms with E-state index in [0.717, 1.165) is 5.56 Å². The summed E-state index contributed by atoms with van der Waals surface area (Å²) in [5.41, 5.74) is 1.32. The second-order valence-electron chi connectivity index (χ2n) is 7.68. The summed E-state index contributed by atoms with van der Waals surface area (Å²) >= 11 is 0. The van der Waals surface area contributed by atoms with E-state index >= 15 is 0 Å². The van der Waals surface area contributed by atoms with Crippen molar-refractivity contribution in [2.45, 2.75) is 38.0 Å². The number of carbonyl (C=O) groups excluding carboxylic acids is 1. The minimum Gasteiger partial charge on any atom is -0.381 e. The van der Waals surface area contributed by atoms with Gasteiger partial charge in [0.05, 0.1) is 5.69 Å². The number of aromatic amines is 1. The highest BCUT2D eigenvalue weighted by Gasteiger charge is 2.35. The first kappa shape index (κ1) is 20.2. The number of halogens is 1. The van der Waals surface area contributed by atoms with E-state index in [1.807, 2.05) is 6.07 Å². The number of rotatable bonds is 6. The third-order valence-electron chi connectivity index (χ3n) is 5.85. The molecule has 0 saturated carbocycles. The van der Waals surface area contributed by atoms with Crippen molar-refractivity contribution < 1.29 is 13.9 Å². The summed E-state index contributed by atoms with van der Waals surface area (Å²) in [6.45, 7) is 3.27. The maximum absolute atomic E-state index is 13.8. The number of aryl methyl sites for hydroxylation is 1. The number of hydrogen-bond donors (Lipinski definition) is 2. The average Bonchev–Trinajstić information content (AvgIpc) is 3.21. The van der Waals surface area contributed by atoms with Gasteiger partial charge in [-0.2, -0.15) is 4.52 Å². The molecule has 0 bridgehead atoms. The number of H-pyrrole nitrogens is 1. The van der Waals surface area contributed by atoms with Crippen LogP contribution in [-0.4, -0.2) is 45.2 Å². The van der Waals surface area contributed by atoms with E-state index < -0.39 is 0 Å². The van der Waals surface area contributed by atoms with Crippen molar-refractivity contribution in [1.82, 2.24) is 24.9 Å². The number of benzene rings is 1. The van der Waals surface area contributed by atoms with E-state index in [-0.39, 0.29) is 35.5 Å². The van der Waals surface area contributed by atoms with Gasteiger partial charge in [0.25, 0.3) is 11.3 Å². The van der Waals surface area contributed by atoms with Gasteiger partial charge < -0.3 is 10.1 Å². The Morgan fingerprint density at radius 1 is 1.37 bits per heavy atom. The Morgan fingerprint density at radius 3 is 2.93 bits per heavy atom. The Bertz CT molecular complexity index is 1120. The summed E-state index contributed by atoms with van der Waals surface area (Å²) in [5, 5.41) is 5.71. The molecule has 158 valence electrons. The molecule has 8 nitrogen and oxygen atoms in total. The number of nitrogens with zero attached hydrogens (tertiary/aromatic N) is 3. The molecular weight excluding hydrogens is 389 g/mol. The second kappa shape index (κ2) is 8.35. The fraction of sp³-hybridized carbons (Fsp3) is 0.429. The van der Waals surface area contributed by atoms with Gasteiger partial charge in [0, 0.05) is 37.2 Å². The minimum atomic E-state index is -0.359. The van der Waals surface area contributed by atoms with Gasteiger partial charge in [-0.3, -0.25) is 14.7 Å². The summed E-state index contributed by atoms with van der Waals surface area (Å²) in [4.78, 5) is 33.4. The minimum absolute atomic E-state index is 0.160. The molecule has 3 aromatic rings. The summed E-state index contributed by atoms with van der Waals surface area (Å²) in [7, 11) is 0. The van der Waals surface area contributed by atoms with Crippen LogP contribution in [0.2, 0.25) is 0 Å². The molecule has 9 heteroatoms. The van der Waals surface area contributed by atoms with Gasteiger partial charge >= 0.3 is 0 Å². The molecule has 30 heavy (non-hydrogen) atoms. The van der Waals surface area contributed by atoms with Gasteiger partial charge in [0.15, 0.2) is 0 Å². The maximum Gasteiger partial charge on any atom is 0.277 e. The topological polar surface area (TPSA) is 101 Å². The molecule has 1 aliphatic rings. The number of carbonyl (C=O) groups is 1. The predicted octanol–water partition coefficient (Wildman–Crippen LogP) is 1.66. The summed E-state index contributed by atoms with van der Waals surface area (Å²) in [6.07, 6.45) is 3.25. The summed E-state index contributed by atoms with van der Waals surface area (Å²) < 4.78 is 20.5. The molecule has 0 spiro atoms. The lowest BCUT2D eigenvalue weighted by molar-refractivity contribution is -0.121. The van der Waals surface area contributed by atoms with Gasteiger partial charge in [-0.1, -0.05) is 12.1 Å². The molecule has 0 unspecified atom stereocenters. The number of amides is 1. The quantitative estimate of drug-likeness (QED) is 0.640. The van der Waals surface area contributed by atoms with Crippen LogP contribution < -0.4 is 10.9 Å². The Hall–Kier alpha value is -3.07. The first-order valence-corrected chi connectivity index (χ1v) is 10.0. The van der Waals surface area contributed by atoms with Crippen LogP contribution in [0.15, 0.2) is 35.4 Å². The lowest BCUT2D eigenvalue weighted by Gasteiger charge is -2.38. The van der Waals surface area contributed by atoms with Crippen molar-refractivity contribution >= 4 is 11.7 Å². The van der Waals surface area contributed by atoms with Crippen LogP contribution in [0.25, 0.3) is 5.78 Å². The van der Waals surface area contributed by atoms with E-state index in [9.17, 15) is 14.0 Å². The molecule has 4 rings (SSSR count). The van der Waals surface area contributed by atoms with Crippen LogP contribution in [-0.2, 0) is 21.4 Å². The molecular formula is C21H24FN5O3. The molecule has 0 radical (unpaired) electrons. The number of aromatic nitrogens is 4. The van der Waals surface area contributed by atoms with Crippen LogP contribution in [0.1, 0.15) is 36.1 Å². The first-order valence-electron chi connectivity index (χ1n) is 10.0. The normalized spacial score (nSPS) is 15.9. The zero-order chi connectivity index (χ0) is 21.1. The maximum atomic E-state index is 13.8. The predicted molar refractivity (Wildman–Crippen MR) is 108 cm³/mol. The molecule has 2 aromatic heterocycles. The molecule has 3 heterocycles. The zero-order valence-electron chi connectivity index (χ0n) is 16.8. The summed E-state index contributed by atoms with van der Waals surface area (Å²) in [6, 6.07) is 6.54. The highest BCUT2D eigenvalue weighted by Crippen LogP contribution is 2.34. The standard InChI is InChI=1S/C21H24FN5O3/c1-14-17(19(29)27-20(26-14)24-13-25-27)5-6-18(28)23-12-21(7-9-30-10-8-21)15-3-2-4-16(22)11-15/h2-4,11,13H,5-10,12H2,1H3,(H,23,28)(H,24,25,26). The molecule has 1 saturated heterocycles. The monoisotopic (exact) mass is 413 g/mol. The van der Waals surface area contributed by atoms with Gasteiger partial charge in [0.2, 0.25) is 5.91 Å². The summed E-state index contributed by atoms with van der Waals surface area (Å²) in [5.74, 6) is -0.143. The SMILES string of the molecule is Cc1nc2nc[nH]n2c(=O)c1CCC(=O)NCC1(c2cccc(F)c2)CCOCC1. The Labute approximate surface area is 172 Å². The van der Waals surface area contributed by atoms with E-state index in [1.54, 1.807) is 13.0 Å². The van der Waals surface area contributed by atoms with Gasteiger partial charge in [0.1, 0.15) is 12.1 Å². The first-order chi connectivity index (χ1) is 14.5. The van der Waals surface area contributed by atoms with Crippen LogP contribution in [0.5, 0.6) is 0 Å². The second-order valence-corrected chi connectivity index (χ2v) is 7.68. The average molecular weight is 413 g/mol. The third kappa shape index (κ3) is 3.97. The van der Waals surface area contributed by atoms with Crippen molar-refractivity contribution in [3.05, 3.63) is 63.6 Å². The molecule has 1 aromatic carbocycles. The van der Waals surface area contributed by atoms with Crippen LogP contribution in [0.4, 0.5) is 4.39 Å². The van der Waals surface area contributed by atoms with Crippen molar-refractivity contribution in [2.75, 3.05) is 19.8 Å². The van der Waals surface area contributed by atoms with E-state index in [0.29, 0.717) is 49.6 Å². The number of fused-ring (bicyclic) bond motifs is 1. The number of nitrogens with one attached hydrogen (secondary N) is 2. The van der Waals surface area contributed by atoms with Crippen molar-refractivity contribution in [3.63, 3.8) is 0 Å². The van der Waals surface area contributed by atoms with Crippen LogP contribution >= 0.6 is 0 Å². The van der Waals surface area contributed by atoms with E-state index in [4.69, 9.17) is 4.74 Å². The molecule has 0 aliphatic carbocycles.